The summed E-state index contributed by atoms with van der Waals surface area (Å²) in [5.74, 6) is 1.19. The largest absolute Gasteiger partial charge is 0.368 e. The molecule has 0 unspecified atom stereocenters. The molecule has 1 aliphatic carbocycles. The van der Waals surface area contributed by atoms with Gasteiger partial charge in [0.15, 0.2) is 0 Å². The summed E-state index contributed by atoms with van der Waals surface area (Å²) >= 11 is 0. The summed E-state index contributed by atoms with van der Waals surface area (Å²) in [6, 6.07) is 6.28. The average Bonchev–Trinajstić information content (AvgIpc) is 3.47. The van der Waals surface area contributed by atoms with Crippen molar-refractivity contribution in [2.45, 2.75) is 31.7 Å². The van der Waals surface area contributed by atoms with E-state index in [0.29, 0.717) is 23.5 Å². The van der Waals surface area contributed by atoms with Crippen molar-refractivity contribution < 1.29 is 4.79 Å². The lowest BCUT2D eigenvalue weighted by molar-refractivity contribution is 0.0815. The van der Waals surface area contributed by atoms with Crippen molar-refractivity contribution in [2.75, 3.05) is 57.5 Å². The fraction of sp³-hybridized carbons (Fsp3) is 0.500. The fourth-order valence-corrected chi connectivity index (χ4v) is 4.82. The zero-order valence-corrected chi connectivity index (χ0v) is 19.7. The Morgan fingerprint density at radius 2 is 1.82 bits per heavy atom. The number of hydrogen-bond donors (Lipinski definition) is 1. The maximum atomic E-state index is 12.9. The summed E-state index contributed by atoms with van der Waals surface area (Å²) < 4.78 is 2.13. The van der Waals surface area contributed by atoms with Gasteiger partial charge in [-0.1, -0.05) is 12.8 Å². The van der Waals surface area contributed by atoms with Gasteiger partial charge in [-0.25, -0.2) is 9.97 Å². The third kappa shape index (κ3) is 4.37. The molecular weight excluding hydrogens is 416 g/mol. The lowest BCUT2D eigenvalue weighted by Gasteiger charge is -2.33. The predicted octanol–water partition coefficient (Wildman–Crippen LogP) is 3.14. The molecule has 1 N–H and O–H groups in total. The van der Waals surface area contributed by atoms with E-state index in [1.807, 2.05) is 18.3 Å². The van der Waals surface area contributed by atoms with E-state index in [1.165, 1.54) is 12.8 Å². The molecule has 2 aliphatic rings. The number of carbonyl (C=O) groups excluding carboxylic acids is 1. The Hall–Kier alpha value is -3.20. The molecule has 1 aliphatic heterocycles. The SMILES string of the molecule is CN1CCN(c2ccc(Nc3ncc4cc(C(=O)N(C)C)n(C5CCCC5)c4n3)nc2)CC1. The van der Waals surface area contributed by atoms with Gasteiger partial charge < -0.3 is 24.6 Å². The van der Waals surface area contributed by atoms with Gasteiger partial charge in [-0.2, -0.15) is 4.98 Å². The number of amides is 1. The molecule has 9 heteroatoms. The maximum absolute atomic E-state index is 12.9. The van der Waals surface area contributed by atoms with Crippen LogP contribution >= 0.6 is 0 Å². The Morgan fingerprint density at radius 3 is 2.48 bits per heavy atom. The zero-order valence-electron chi connectivity index (χ0n) is 19.7. The third-order valence-electron chi connectivity index (χ3n) is 6.75. The smallest absolute Gasteiger partial charge is 0.270 e. The molecule has 1 saturated heterocycles. The first-order valence-electron chi connectivity index (χ1n) is 11.8. The molecule has 3 aromatic rings. The summed E-state index contributed by atoms with van der Waals surface area (Å²) in [7, 11) is 5.73. The first-order chi connectivity index (χ1) is 16.0. The van der Waals surface area contributed by atoms with Crippen molar-refractivity contribution in [2.24, 2.45) is 0 Å². The van der Waals surface area contributed by atoms with E-state index < -0.39 is 0 Å². The molecule has 4 heterocycles. The number of carbonyl (C=O) groups is 1. The van der Waals surface area contributed by atoms with Crippen molar-refractivity contribution in [3.8, 4) is 0 Å². The topological polar surface area (TPSA) is 82.4 Å². The second-order valence-electron chi connectivity index (χ2n) is 9.33. The van der Waals surface area contributed by atoms with Gasteiger partial charge in [0.25, 0.3) is 5.91 Å². The van der Waals surface area contributed by atoms with Crippen LogP contribution in [0.15, 0.2) is 30.6 Å². The highest BCUT2D eigenvalue weighted by Gasteiger charge is 2.26. The summed E-state index contributed by atoms with van der Waals surface area (Å²) in [5, 5.41) is 4.13. The minimum absolute atomic E-state index is 0.00410. The number of pyridine rings is 1. The molecule has 0 atom stereocenters. The van der Waals surface area contributed by atoms with Gasteiger partial charge in [0, 0.05) is 57.9 Å². The standard InChI is InChI=1S/C24H32N8O/c1-29(2)23(33)20-14-17-15-26-24(28-22(17)32(20)18-6-4-5-7-18)27-21-9-8-19(16-25-21)31-12-10-30(3)11-13-31/h8-9,14-16,18H,4-7,10-13H2,1-3H3,(H,25,26,27,28). The van der Waals surface area contributed by atoms with E-state index in [0.717, 1.165) is 55.7 Å². The summed E-state index contributed by atoms with van der Waals surface area (Å²) in [6.07, 6.45) is 8.20. The lowest BCUT2D eigenvalue weighted by atomic mass is 10.2. The minimum Gasteiger partial charge on any atom is -0.368 e. The monoisotopic (exact) mass is 448 g/mol. The van der Waals surface area contributed by atoms with Crippen LogP contribution in [0.3, 0.4) is 0 Å². The molecule has 0 spiro atoms. The van der Waals surface area contributed by atoms with Crippen LogP contribution < -0.4 is 10.2 Å². The summed E-state index contributed by atoms with van der Waals surface area (Å²) in [6.45, 7) is 4.15. The van der Waals surface area contributed by atoms with Crippen LogP contribution in [0.1, 0.15) is 42.2 Å². The molecule has 2 fully saturated rings. The predicted molar refractivity (Wildman–Crippen MR) is 130 cm³/mol. The Labute approximate surface area is 194 Å². The fourth-order valence-electron chi connectivity index (χ4n) is 4.82. The highest BCUT2D eigenvalue weighted by Crippen LogP contribution is 2.35. The van der Waals surface area contributed by atoms with Gasteiger partial charge in [-0.05, 0) is 38.1 Å². The number of rotatable bonds is 5. The second kappa shape index (κ2) is 8.97. The van der Waals surface area contributed by atoms with Gasteiger partial charge >= 0.3 is 0 Å². The van der Waals surface area contributed by atoms with Crippen LogP contribution in [0.5, 0.6) is 0 Å². The minimum atomic E-state index is -0.00410. The zero-order chi connectivity index (χ0) is 22.9. The number of hydrogen-bond acceptors (Lipinski definition) is 7. The van der Waals surface area contributed by atoms with E-state index in [2.05, 4.69) is 42.8 Å². The molecule has 0 bridgehead atoms. The van der Waals surface area contributed by atoms with Crippen LogP contribution in [0.2, 0.25) is 0 Å². The average molecular weight is 449 g/mol. The van der Waals surface area contributed by atoms with Crippen LogP contribution in [0, 0.1) is 0 Å². The van der Waals surface area contributed by atoms with E-state index in [1.54, 1.807) is 25.2 Å². The quantitative estimate of drug-likeness (QED) is 0.642. The molecule has 1 saturated carbocycles. The van der Waals surface area contributed by atoms with Crippen LogP contribution in [-0.4, -0.2) is 82.5 Å². The third-order valence-corrected chi connectivity index (χ3v) is 6.75. The number of piperazine rings is 1. The van der Waals surface area contributed by atoms with Gasteiger partial charge in [-0.15, -0.1) is 0 Å². The second-order valence-corrected chi connectivity index (χ2v) is 9.33. The Morgan fingerprint density at radius 1 is 1.06 bits per heavy atom. The maximum Gasteiger partial charge on any atom is 0.270 e. The van der Waals surface area contributed by atoms with Gasteiger partial charge in [0.05, 0.1) is 11.9 Å². The molecule has 174 valence electrons. The number of fused-ring (bicyclic) bond motifs is 1. The molecule has 0 radical (unpaired) electrons. The molecule has 3 aromatic heterocycles. The van der Waals surface area contributed by atoms with Crippen molar-refractivity contribution in [1.29, 1.82) is 0 Å². The van der Waals surface area contributed by atoms with Gasteiger partial charge in [0.2, 0.25) is 5.95 Å². The van der Waals surface area contributed by atoms with E-state index >= 15 is 0 Å². The Bertz CT molecular complexity index is 1130. The van der Waals surface area contributed by atoms with Gasteiger partial charge in [-0.3, -0.25) is 4.79 Å². The van der Waals surface area contributed by atoms with Crippen molar-refractivity contribution in [1.82, 2.24) is 29.3 Å². The first-order valence-corrected chi connectivity index (χ1v) is 11.8. The van der Waals surface area contributed by atoms with Crippen LogP contribution in [0.25, 0.3) is 11.0 Å². The van der Waals surface area contributed by atoms with Crippen molar-refractivity contribution >= 4 is 34.4 Å². The van der Waals surface area contributed by atoms with E-state index in [-0.39, 0.29) is 5.91 Å². The van der Waals surface area contributed by atoms with Crippen molar-refractivity contribution in [3.63, 3.8) is 0 Å². The molecule has 1 amide bonds. The number of anilines is 3. The molecule has 33 heavy (non-hydrogen) atoms. The van der Waals surface area contributed by atoms with Crippen LogP contribution in [0.4, 0.5) is 17.5 Å². The number of nitrogens with zero attached hydrogens (tertiary/aromatic N) is 7. The number of nitrogens with one attached hydrogen (secondary N) is 1. The highest BCUT2D eigenvalue weighted by molar-refractivity contribution is 5.97. The van der Waals surface area contributed by atoms with E-state index in [9.17, 15) is 4.79 Å². The normalized spacial score (nSPS) is 17.6. The molecule has 0 aromatic carbocycles. The summed E-state index contributed by atoms with van der Waals surface area (Å²) in [4.78, 5) is 33.1. The number of likely N-dealkylation sites (N-methyl/N-ethyl adjacent to an activating group) is 1. The van der Waals surface area contributed by atoms with E-state index in [4.69, 9.17) is 4.98 Å². The highest BCUT2D eigenvalue weighted by atomic mass is 16.2. The lowest BCUT2D eigenvalue weighted by Crippen LogP contribution is -2.44. The van der Waals surface area contributed by atoms with Crippen molar-refractivity contribution in [3.05, 3.63) is 36.3 Å². The molecule has 9 nitrogen and oxygen atoms in total. The number of aromatic nitrogens is 4. The van der Waals surface area contributed by atoms with Crippen LogP contribution in [-0.2, 0) is 0 Å². The molecular formula is C24H32N8O. The molecule has 5 rings (SSSR count). The Balaban J connectivity index is 1.41. The van der Waals surface area contributed by atoms with Gasteiger partial charge in [0.1, 0.15) is 17.2 Å². The first kappa shape index (κ1) is 21.6. The Kier molecular flexibility index (Phi) is 5.88. The summed E-state index contributed by atoms with van der Waals surface area (Å²) in [5.41, 5.74) is 2.62.